The molecule has 0 atom stereocenters. The Bertz CT molecular complexity index is 1050. The molecule has 1 amide bonds. The molecule has 0 aliphatic heterocycles. The van der Waals surface area contributed by atoms with E-state index in [1.54, 1.807) is 43.7 Å². The molecule has 2 aromatic carbocycles. The smallest absolute Gasteiger partial charge is 0.251 e. The summed E-state index contributed by atoms with van der Waals surface area (Å²) in [4.78, 5) is 16.6. The highest BCUT2D eigenvalue weighted by Gasteiger charge is 2.16. The minimum atomic E-state index is -3.35. The molecule has 0 spiro atoms. The lowest BCUT2D eigenvalue weighted by atomic mass is 10.1. The molecule has 0 saturated heterocycles. The summed E-state index contributed by atoms with van der Waals surface area (Å²) in [5, 5.41) is 2.91. The molecule has 0 radical (unpaired) electrons. The second kappa shape index (κ2) is 8.26. The van der Waals surface area contributed by atoms with Gasteiger partial charge < -0.3 is 9.88 Å². The van der Waals surface area contributed by atoms with E-state index in [9.17, 15) is 13.2 Å². The van der Waals surface area contributed by atoms with Crippen molar-refractivity contribution in [2.75, 3.05) is 17.1 Å². The second-order valence-corrected chi connectivity index (χ2v) is 8.16. The van der Waals surface area contributed by atoms with Gasteiger partial charge in [0.25, 0.3) is 5.91 Å². The number of aromatic nitrogens is 2. The van der Waals surface area contributed by atoms with E-state index in [1.165, 1.54) is 4.31 Å². The van der Waals surface area contributed by atoms with E-state index in [1.807, 2.05) is 35.0 Å². The third-order valence-corrected chi connectivity index (χ3v) is 5.59. The molecule has 3 rings (SSSR count). The number of hydrogen-bond donors (Lipinski definition) is 1. The number of imidazole rings is 1. The molecule has 0 fully saturated rings. The highest BCUT2D eigenvalue weighted by atomic mass is 32.2. The summed E-state index contributed by atoms with van der Waals surface area (Å²) in [6.45, 7) is 2.45. The van der Waals surface area contributed by atoms with Crippen LogP contribution < -0.4 is 9.62 Å². The molecule has 0 unspecified atom stereocenters. The minimum Gasteiger partial charge on any atom is -0.348 e. The average Bonchev–Trinajstić information content (AvgIpc) is 3.21. The standard InChI is InChI=1S/C20H22N4O3S/c1-3-24(28(2,26)27)18-10-8-16(9-11-18)20(25)22-14-17-6-4-5-7-19(17)23-13-12-21-15-23/h4-13,15H,3,14H2,1-2H3,(H,22,25). The van der Waals surface area contributed by atoms with Crippen LogP contribution in [-0.4, -0.2) is 36.7 Å². The second-order valence-electron chi connectivity index (χ2n) is 6.26. The molecule has 28 heavy (non-hydrogen) atoms. The third-order valence-electron chi connectivity index (χ3n) is 4.32. The fraction of sp³-hybridized carbons (Fsp3) is 0.200. The molecule has 7 nitrogen and oxygen atoms in total. The summed E-state index contributed by atoms with van der Waals surface area (Å²) in [5.74, 6) is -0.227. The van der Waals surface area contributed by atoms with Crippen molar-refractivity contribution < 1.29 is 13.2 Å². The van der Waals surface area contributed by atoms with Crippen molar-refractivity contribution in [1.29, 1.82) is 0 Å². The summed E-state index contributed by atoms with van der Waals surface area (Å²) >= 11 is 0. The summed E-state index contributed by atoms with van der Waals surface area (Å²) in [6, 6.07) is 14.3. The molecule has 3 aromatic rings. The molecule has 1 heterocycles. The van der Waals surface area contributed by atoms with Crippen LogP contribution in [-0.2, 0) is 16.6 Å². The Morgan fingerprint density at radius 3 is 2.46 bits per heavy atom. The quantitative estimate of drug-likeness (QED) is 0.663. The zero-order valence-electron chi connectivity index (χ0n) is 15.7. The fourth-order valence-electron chi connectivity index (χ4n) is 2.98. The van der Waals surface area contributed by atoms with Gasteiger partial charge in [0, 0.05) is 31.0 Å². The molecule has 1 aromatic heterocycles. The van der Waals surface area contributed by atoms with Gasteiger partial charge in [-0.25, -0.2) is 13.4 Å². The molecule has 0 aliphatic rings. The zero-order chi connectivity index (χ0) is 20.1. The van der Waals surface area contributed by atoms with Crippen LogP contribution >= 0.6 is 0 Å². The number of sulfonamides is 1. The third kappa shape index (κ3) is 4.40. The van der Waals surface area contributed by atoms with Gasteiger partial charge in [0.15, 0.2) is 0 Å². The van der Waals surface area contributed by atoms with E-state index < -0.39 is 10.0 Å². The molecule has 0 aliphatic carbocycles. The Kier molecular flexibility index (Phi) is 5.79. The SMILES string of the molecule is CCN(c1ccc(C(=O)NCc2ccccc2-n2ccnc2)cc1)S(C)(=O)=O. The predicted molar refractivity (Wildman–Crippen MR) is 109 cm³/mol. The van der Waals surface area contributed by atoms with Gasteiger partial charge in [-0.3, -0.25) is 9.10 Å². The zero-order valence-corrected chi connectivity index (χ0v) is 16.6. The van der Waals surface area contributed by atoms with E-state index in [-0.39, 0.29) is 5.91 Å². The van der Waals surface area contributed by atoms with Gasteiger partial charge in [-0.1, -0.05) is 18.2 Å². The number of carbonyl (C=O) groups is 1. The van der Waals surface area contributed by atoms with Crippen molar-refractivity contribution in [3.05, 3.63) is 78.4 Å². The van der Waals surface area contributed by atoms with Gasteiger partial charge in [-0.2, -0.15) is 0 Å². The van der Waals surface area contributed by atoms with E-state index >= 15 is 0 Å². The highest BCUT2D eigenvalue weighted by molar-refractivity contribution is 7.92. The van der Waals surface area contributed by atoms with Gasteiger partial charge in [-0.05, 0) is 42.8 Å². The first-order chi connectivity index (χ1) is 13.4. The first-order valence-corrected chi connectivity index (χ1v) is 10.7. The number of amides is 1. The van der Waals surface area contributed by atoms with E-state index in [4.69, 9.17) is 0 Å². The van der Waals surface area contributed by atoms with Crippen molar-refractivity contribution in [1.82, 2.24) is 14.9 Å². The first-order valence-electron chi connectivity index (χ1n) is 8.82. The molecule has 0 bridgehead atoms. The Morgan fingerprint density at radius 1 is 1.14 bits per heavy atom. The number of nitrogens with one attached hydrogen (secondary N) is 1. The fourth-order valence-corrected chi connectivity index (χ4v) is 3.95. The van der Waals surface area contributed by atoms with Crippen LogP contribution in [0.15, 0.2) is 67.3 Å². The Balaban J connectivity index is 1.71. The monoisotopic (exact) mass is 398 g/mol. The van der Waals surface area contributed by atoms with Crippen LogP contribution in [0.3, 0.4) is 0 Å². The highest BCUT2D eigenvalue weighted by Crippen LogP contribution is 2.18. The van der Waals surface area contributed by atoms with E-state index in [0.717, 1.165) is 17.5 Å². The van der Waals surface area contributed by atoms with Crippen LogP contribution in [0.2, 0.25) is 0 Å². The minimum absolute atomic E-state index is 0.227. The van der Waals surface area contributed by atoms with Gasteiger partial charge in [0.2, 0.25) is 10.0 Å². The molecular weight excluding hydrogens is 376 g/mol. The maximum Gasteiger partial charge on any atom is 0.251 e. The van der Waals surface area contributed by atoms with Crippen molar-refractivity contribution in [3.63, 3.8) is 0 Å². The van der Waals surface area contributed by atoms with Crippen LogP contribution in [0, 0.1) is 0 Å². The number of para-hydroxylation sites is 1. The lowest BCUT2D eigenvalue weighted by Gasteiger charge is -2.20. The predicted octanol–water partition coefficient (Wildman–Crippen LogP) is 2.59. The summed E-state index contributed by atoms with van der Waals surface area (Å²) in [6.07, 6.45) is 6.42. The average molecular weight is 398 g/mol. The molecule has 8 heteroatoms. The largest absolute Gasteiger partial charge is 0.348 e. The molecular formula is C20H22N4O3S. The van der Waals surface area contributed by atoms with Crippen LogP contribution in [0.5, 0.6) is 0 Å². The van der Waals surface area contributed by atoms with Crippen molar-refractivity contribution in [2.24, 2.45) is 0 Å². The van der Waals surface area contributed by atoms with Crippen molar-refractivity contribution in [2.45, 2.75) is 13.5 Å². The number of carbonyl (C=O) groups excluding carboxylic acids is 1. The van der Waals surface area contributed by atoms with Crippen molar-refractivity contribution >= 4 is 21.6 Å². The molecule has 0 saturated carbocycles. The number of hydrogen-bond acceptors (Lipinski definition) is 4. The van der Waals surface area contributed by atoms with Gasteiger partial charge in [-0.15, -0.1) is 0 Å². The van der Waals surface area contributed by atoms with Gasteiger partial charge >= 0.3 is 0 Å². The summed E-state index contributed by atoms with van der Waals surface area (Å²) in [5.41, 5.74) is 2.91. The maximum atomic E-state index is 12.5. The van der Waals surface area contributed by atoms with E-state index in [2.05, 4.69) is 10.3 Å². The van der Waals surface area contributed by atoms with Crippen molar-refractivity contribution in [3.8, 4) is 5.69 Å². The molecule has 146 valence electrons. The molecule has 1 N–H and O–H groups in total. The normalized spacial score (nSPS) is 11.2. The van der Waals surface area contributed by atoms with Gasteiger partial charge in [0.05, 0.1) is 24.0 Å². The first kappa shape index (κ1) is 19.6. The number of anilines is 1. The topological polar surface area (TPSA) is 84.3 Å². The Hall–Kier alpha value is -3.13. The number of rotatable bonds is 7. The van der Waals surface area contributed by atoms with Crippen LogP contribution in [0.25, 0.3) is 5.69 Å². The maximum absolute atomic E-state index is 12.5. The summed E-state index contributed by atoms with van der Waals surface area (Å²) < 4.78 is 26.8. The van der Waals surface area contributed by atoms with Crippen LogP contribution in [0.4, 0.5) is 5.69 Å². The summed E-state index contributed by atoms with van der Waals surface area (Å²) in [7, 11) is -3.35. The number of nitrogens with zero attached hydrogens (tertiary/aromatic N) is 3. The van der Waals surface area contributed by atoms with Gasteiger partial charge in [0.1, 0.15) is 0 Å². The Labute approximate surface area is 164 Å². The number of benzene rings is 2. The van der Waals surface area contributed by atoms with E-state index in [0.29, 0.717) is 24.3 Å². The van der Waals surface area contributed by atoms with Crippen LogP contribution in [0.1, 0.15) is 22.8 Å². The lowest BCUT2D eigenvalue weighted by Crippen LogP contribution is -2.29. The Morgan fingerprint density at radius 2 is 1.86 bits per heavy atom. The lowest BCUT2D eigenvalue weighted by molar-refractivity contribution is 0.0951.